The number of benzene rings is 1. The number of thiocarbonyl (C=S) groups is 1. The lowest BCUT2D eigenvalue weighted by atomic mass is 10.1. The number of carbonyl (C=O) groups excluding carboxylic acids is 1. The van der Waals surface area contributed by atoms with Crippen LogP contribution in [0.25, 0.3) is 6.08 Å². The minimum absolute atomic E-state index is 0.0966. The lowest BCUT2D eigenvalue weighted by Crippen LogP contribution is -2.30. The quantitative estimate of drug-likeness (QED) is 0.562. The fraction of sp³-hybridized carbons (Fsp3) is 0.375. The predicted octanol–water partition coefficient (Wildman–Crippen LogP) is 3.28. The third-order valence-electron chi connectivity index (χ3n) is 3.53. The summed E-state index contributed by atoms with van der Waals surface area (Å²) < 4.78 is 11.7. The zero-order valence-electron chi connectivity index (χ0n) is 13.6. The van der Waals surface area contributed by atoms with Gasteiger partial charge in [-0.3, -0.25) is 9.69 Å². The Balaban J connectivity index is 2.48. The summed E-state index contributed by atoms with van der Waals surface area (Å²) in [6, 6.07) is 3.67. The molecule has 1 amide bonds. The van der Waals surface area contributed by atoms with Crippen LogP contribution in [0.3, 0.4) is 0 Å². The van der Waals surface area contributed by atoms with E-state index >= 15 is 0 Å². The largest absolute Gasteiger partial charge is 0.493 e. The third kappa shape index (κ3) is 3.35. The molecule has 0 saturated carbocycles. The summed E-state index contributed by atoms with van der Waals surface area (Å²) in [5.74, 6) is 1.17. The summed E-state index contributed by atoms with van der Waals surface area (Å²) in [5.41, 5.74) is 1.36. The molecule has 0 atom stereocenters. The Bertz CT molecular complexity index is 676. The minimum Gasteiger partial charge on any atom is -0.493 e. The molecule has 0 aromatic heterocycles. The van der Waals surface area contributed by atoms with Gasteiger partial charge in [0, 0.05) is 18.1 Å². The second-order valence-corrected chi connectivity index (χ2v) is 6.10. The standard InChI is InChI=1S/C16H19BrN2O3S/c1-5-19-15(20)12(18(3)16(19)23)7-10-8-14(22-6-2)13(21-4)9-11(10)17/h7-9H,5-6H2,1-4H3/b12-7-. The highest BCUT2D eigenvalue weighted by Crippen LogP contribution is 2.35. The zero-order chi connectivity index (χ0) is 17.1. The van der Waals surface area contributed by atoms with Gasteiger partial charge in [0.2, 0.25) is 0 Å². The van der Waals surface area contributed by atoms with Crippen LogP contribution in [0.5, 0.6) is 11.5 Å². The number of amides is 1. The Labute approximate surface area is 150 Å². The lowest BCUT2D eigenvalue weighted by molar-refractivity contribution is -0.122. The van der Waals surface area contributed by atoms with E-state index in [1.54, 1.807) is 30.0 Å². The van der Waals surface area contributed by atoms with Gasteiger partial charge in [0.1, 0.15) is 5.70 Å². The Morgan fingerprint density at radius 2 is 2.00 bits per heavy atom. The number of halogens is 1. The Morgan fingerprint density at radius 3 is 2.52 bits per heavy atom. The first-order valence-electron chi connectivity index (χ1n) is 7.26. The average Bonchev–Trinajstić information content (AvgIpc) is 2.73. The molecule has 1 aliphatic rings. The van der Waals surface area contributed by atoms with Crippen molar-refractivity contribution >= 4 is 45.2 Å². The van der Waals surface area contributed by atoms with Crippen LogP contribution < -0.4 is 9.47 Å². The molecule has 7 heteroatoms. The smallest absolute Gasteiger partial charge is 0.276 e. The number of rotatable bonds is 5. The van der Waals surface area contributed by atoms with Crippen molar-refractivity contribution in [2.75, 3.05) is 27.3 Å². The second-order valence-electron chi connectivity index (χ2n) is 4.88. The molecule has 0 aliphatic carbocycles. The SMILES string of the molecule is CCOc1cc(/C=C2/C(=O)N(CC)C(=S)N2C)c(Br)cc1OC. The zero-order valence-corrected chi connectivity index (χ0v) is 16.0. The van der Waals surface area contributed by atoms with Crippen LogP contribution in [0.1, 0.15) is 19.4 Å². The maximum Gasteiger partial charge on any atom is 0.276 e. The second kappa shape index (κ2) is 7.31. The molecule has 23 heavy (non-hydrogen) atoms. The van der Waals surface area contributed by atoms with E-state index in [9.17, 15) is 4.79 Å². The van der Waals surface area contributed by atoms with Crippen molar-refractivity contribution < 1.29 is 14.3 Å². The van der Waals surface area contributed by atoms with Gasteiger partial charge in [-0.1, -0.05) is 15.9 Å². The van der Waals surface area contributed by atoms with Crippen LogP contribution in [-0.4, -0.2) is 48.1 Å². The monoisotopic (exact) mass is 398 g/mol. The number of hydrogen-bond donors (Lipinski definition) is 0. The van der Waals surface area contributed by atoms with Gasteiger partial charge in [0.05, 0.1) is 13.7 Å². The number of ether oxygens (including phenoxy) is 2. The molecule has 1 saturated heterocycles. The fourth-order valence-corrected chi connectivity index (χ4v) is 3.07. The first-order chi connectivity index (χ1) is 10.9. The molecule has 1 aromatic carbocycles. The summed E-state index contributed by atoms with van der Waals surface area (Å²) in [7, 11) is 3.39. The predicted molar refractivity (Wildman–Crippen MR) is 97.6 cm³/mol. The fourth-order valence-electron chi connectivity index (χ4n) is 2.33. The molecule has 2 rings (SSSR count). The van der Waals surface area contributed by atoms with Gasteiger partial charge in [0.25, 0.3) is 5.91 Å². The topological polar surface area (TPSA) is 42.0 Å². The summed E-state index contributed by atoms with van der Waals surface area (Å²) in [6.07, 6.45) is 1.80. The van der Waals surface area contributed by atoms with E-state index in [4.69, 9.17) is 21.7 Å². The molecule has 0 N–H and O–H groups in total. The molecule has 0 unspecified atom stereocenters. The summed E-state index contributed by atoms with van der Waals surface area (Å²) in [5, 5.41) is 0.512. The van der Waals surface area contributed by atoms with Crippen LogP contribution in [0.15, 0.2) is 22.3 Å². The van der Waals surface area contributed by atoms with Gasteiger partial charge < -0.3 is 14.4 Å². The molecule has 0 bridgehead atoms. The van der Waals surface area contributed by atoms with Gasteiger partial charge in [-0.15, -0.1) is 0 Å². The summed E-state index contributed by atoms with van der Waals surface area (Å²) in [4.78, 5) is 15.8. The number of likely N-dealkylation sites (N-methyl/N-ethyl adjacent to an activating group) is 2. The molecule has 1 aliphatic heterocycles. The third-order valence-corrected chi connectivity index (χ3v) is 4.72. The van der Waals surface area contributed by atoms with E-state index in [1.165, 1.54) is 0 Å². The highest BCUT2D eigenvalue weighted by molar-refractivity contribution is 9.10. The van der Waals surface area contributed by atoms with Crippen molar-refractivity contribution in [3.8, 4) is 11.5 Å². The summed E-state index contributed by atoms with van der Waals surface area (Å²) in [6.45, 7) is 4.89. The van der Waals surface area contributed by atoms with E-state index in [1.807, 2.05) is 26.0 Å². The van der Waals surface area contributed by atoms with Gasteiger partial charge in [0.15, 0.2) is 16.6 Å². The molecule has 124 valence electrons. The Kier molecular flexibility index (Phi) is 5.64. The van der Waals surface area contributed by atoms with E-state index < -0.39 is 0 Å². The van der Waals surface area contributed by atoms with Gasteiger partial charge in [-0.2, -0.15) is 0 Å². The van der Waals surface area contributed by atoms with E-state index in [0.29, 0.717) is 35.5 Å². The van der Waals surface area contributed by atoms with Crippen molar-refractivity contribution in [2.24, 2.45) is 0 Å². The molecule has 1 heterocycles. The highest BCUT2D eigenvalue weighted by atomic mass is 79.9. The van der Waals surface area contributed by atoms with E-state index in [-0.39, 0.29) is 5.91 Å². The number of carbonyl (C=O) groups is 1. The molecular formula is C16H19BrN2O3S. The minimum atomic E-state index is -0.0966. The molecule has 0 radical (unpaired) electrons. The van der Waals surface area contributed by atoms with Gasteiger partial charge in [-0.25, -0.2) is 0 Å². The van der Waals surface area contributed by atoms with Crippen LogP contribution in [0.4, 0.5) is 0 Å². The first kappa shape index (κ1) is 17.7. The maximum atomic E-state index is 12.5. The van der Waals surface area contributed by atoms with Crippen molar-refractivity contribution in [1.29, 1.82) is 0 Å². The normalized spacial score (nSPS) is 16.5. The van der Waals surface area contributed by atoms with Crippen molar-refractivity contribution in [3.63, 3.8) is 0 Å². The Morgan fingerprint density at radius 1 is 1.30 bits per heavy atom. The van der Waals surface area contributed by atoms with Gasteiger partial charge in [-0.05, 0) is 49.8 Å². The van der Waals surface area contributed by atoms with Crippen molar-refractivity contribution in [2.45, 2.75) is 13.8 Å². The van der Waals surface area contributed by atoms with E-state index in [2.05, 4.69) is 15.9 Å². The molecule has 0 spiro atoms. The van der Waals surface area contributed by atoms with Crippen LogP contribution in [0, 0.1) is 0 Å². The molecule has 1 fully saturated rings. The number of methoxy groups -OCH3 is 1. The average molecular weight is 399 g/mol. The van der Waals surface area contributed by atoms with Crippen LogP contribution >= 0.6 is 28.1 Å². The highest BCUT2D eigenvalue weighted by Gasteiger charge is 2.34. The Hall–Kier alpha value is -1.60. The maximum absolute atomic E-state index is 12.5. The molecule has 1 aromatic rings. The van der Waals surface area contributed by atoms with Crippen LogP contribution in [0.2, 0.25) is 0 Å². The van der Waals surface area contributed by atoms with Crippen molar-refractivity contribution in [1.82, 2.24) is 9.80 Å². The van der Waals surface area contributed by atoms with Crippen LogP contribution in [-0.2, 0) is 4.79 Å². The number of nitrogens with zero attached hydrogens (tertiary/aromatic N) is 2. The molecule has 5 nitrogen and oxygen atoms in total. The lowest BCUT2D eigenvalue weighted by Gasteiger charge is -2.14. The molecular weight excluding hydrogens is 380 g/mol. The van der Waals surface area contributed by atoms with Crippen molar-refractivity contribution in [3.05, 3.63) is 27.9 Å². The van der Waals surface area contributed by atoms with Gasteiger partial charge >= 0.3 is 0 Å². The van der Waals surface area contributed by atoms with E-state index in [0.717, 1.165) is 10.0 Å². The first-order valence-corrected chi connectivity index (χ1v) is 8.46. The number of hydrogen-bond acceptors (Lipinski definition) is 4. The summed E-state index contributed by atoms with van der Waals surface area (Å²) >= 11 is 8.82.